The highest BCUT2D eigenvalue weighted by Crippen LogP contribution is 2.28. The average Bonchev–Trinajstić information content (AvgIpc) is 2.72. The number of rotatable bonds is 5. The van der Waals surface area contributed by atoms with Gasteiger partial charge in [-0.15, -0.1) is 0 Å². The fourth-order valence-electron chi connectivity index (χ4n) is 3.75. The van der Waals surface area contributed by atoms with Gasteiger partial charge in [0.15, 0.2) is 5.16 Å². The number of nitrogens with one attached hydrogen (secondary N) is 3. The van der Waals surface area contributed by atoms with Gasteiger partial charge < -0.3 is 10.3 Å². The van der Waals surface area contributed by atoms with Crippen LogP contribution in [0.5, 0.6) is 0 Å². The van der Waals surface area contributed by atoms with E-state index in [9.17, 15) is 19.2 Å². The molecule has 2 aromatic heterocycles. The standard InChI is InChI=1S/C20H21N5O4S/c26-16-10-15(25(20(29)23-16)12-6-2-1-3-7-12)22-17(27)11-30-19-21-14-9-5-4-8-13(14)18(28)24-19/h4-5,8-10,12H,1-3,6-7,11H2,(H,22,27)(H,21,24,28)(H,23,26,29). The Labute approximate surface area is 174 Å². The molecule has 0 atom stereocenters. The lowest BCUT2D eigenvalue weighted by Gasteiger charge is -2.26. The summed E-state index contributed by atoms with van der Waals surface area (Å²) in [6.45, 7) is 0. The van der Waals surface area contributed by atoms with Crippen molar-refractivity contribution in [2.24, 2.45) is 0 Å². The van der Waals surface area contributed by atoms with Gasteiger partial charge in [-0.3, -0.25) is 23.9 Å². The summed E-state index contributed by atoms with van der Waals surface area (Å²) in [4.78, 5) is 58.1. The van der Waals surface area contributed by atoms with Crippen LogP contribution in [0.1, 0.15) is 38.1 Å². The van der Waals surface area contributed by atoms with Gasteiger partial charge in [-0.05, 0) is 25.0 Å². The minimum atomic E-state index is -0.560. The number of aromatic amines is 2. The molecule has 1 aliphatic carbocycles. The molecular formula is C20H21N5O4S. The number of hydrogen-bond acceptors (Lipinski definition) is 6. The molecular weight excluding hydrogens is 406 g/mol. The number of aromatic nitrogens is 4. The highest BCUT2D eigenvalue weighted by atomic mass is 32.2. The number of fused-ring (bicyclic) bond motifs is 1. The molecule has 0 aliphatic heterocycles. The number of para-hydroxylation sites is 1. The molecule has 0 spiro atoms. The minimum absolute atomic E-state index is 0.0348. The molecule has 1 aromatic carbocycles. The zero-order valence-electron chi connectivity index (χ0n) is 16.1. The van der Waals surface area contributed by atoms with E-state index in [2.05, 4.69) is 20.3 Å². The Balaban J connectivity index is 1.51. The van der Waals surface area contributed by atoms with Crippen LogP contribution >= 0.6 is 11.8 Å². The average molecular weight is 427 g/mol. The fourth-order valence-corrected chi connectivity index (χ4v) is 4.42. The van der Waals surface area contributed by atoms with Crippen LogP contribution in [0.15, 0.2) is 49.9 Å². The molecule has 0 unspecified atom stereocenters. The first-order chi connectivity index (χ1) is 14.5. The predicted molar refractivity (Wildman–Crippen MR) is 115 cm³/mol. The van der Waals surface area contributed by atoms with Gasteiger partial charge in [-0.25, -0.2) is 9.78 Å². The second kappa shape index (κ2) is 8.70. The third kappa shape index (κ3) is 4.38. The van der Waals surface area contributed by atoms with Crippen LogP contribution in [-0.2, 0) is 4.79 Å². The van der Waals surface area contributed by atoms with Crippen LogP contribution in [0.25, 0.3) is 10.9 Å². The Morgan fingerprint density at radius 3 is 2.70 bits per heavy atom. The zero-order valence-corrected chi connectivity index (χ0v) is 17.0. The normalized spacial score (nSPS) is 14.7. The minimum Gasteiger partial charge on any atom is -0.311 e. The Kier molecular flexibility index (Phi) is 5.84. The quantitative estimate of drug-likeness (QED) is 0.422. The Hall–Kier alpha value is -3.14. The van der Waals surface area contributed by atoms with E-state index >= 15 is 0 Å². The van der Waals surface area contributed by atoms with Crippen molar-refractivity contribution in [3.8, 4) is 0 Å². The maximum atomic E-state index is 12.5. The highest BCUT2D eigenvalue weighted by Gasteiger charge is 2.21. The van der Waals surface area contributed by atoms with E-state index in [0.717, 1.165) is 43.9 Å². The van der Waals surface area contributed by atoms with Crippen LogP contribution in [-0.4, -0.2) is 31.2 Å². The van der Waals surface area contributed by atoms with Crippen molar-refractivity contribution >= 4 is 34.4 Å². The molecule has 0 radical (unpaired) electrons. The van der Waals surface area contributed by atoms with Crippen molar-refractivity contribution < 1.29 is 4.79 Å². The van der Waals surface area contributed by atoms with E-state index in [0.29, 0.717) is 16.1 Å². The molecule has 9 nitrogen and oxygen atoms in total. The topological polar surface area (TPSA) is 130 Å². The first-order valence-corrected chi connectivity index (χ1v) is 10.8. The molecule has 1 saturated carbocycles. The molecule has 1 fully saturated rings. The number of hydrogen-bond donors (Lipinski definition) is 3. The zero-order chi connectivity index (χ0) is 21.1. The fraction of sp³-hybridized carbons (Fsp3) is 0.350. The first kappa shape index (κ1) is 20.1. The first-order valence-electron chi connectivity index (χ1n) is 9.79. The molecule has 2 heterocycles. The van der Waals surface area contributed by atoms with Crippen molar-refractivity contribution in [1.29, 1.82) is 0 Å². The molecule has 10 heteroatoms. The summed E-state index contributed by atoms with van der Waals surface area (Å²) in [7, 11) is 0. The van der Waals surface area contributed by atoms with Gasteiger partial charge in [0.05, 0.1) is 16.7 Å². The number of anilines is 1. The molecule has 3 N–H and O–H groups in total. The largest absolute Gasteiger partial charge is 0.330 e. The van der Waals surface area contributed by atoms with E-state index in [1.807, 2.05) is 0 Å². The number of carbonyl (C=O) groups excluding carboxylic acids is 1. The third-order valence-corrected chi connectivity index (χ3v) is 5.99. The lowest BCUT2D eigenvalue weighted by Crippen LogP contribution is -2.36. The summed E-state index contributed by atoms with van der Waals surface area (Å²) in [5, 5.41) is 3.48. The van der Waals surface area contributed by atoms with Crippen LogP contribution in [0.4, 0.5) is 5.82 Å². The van der Waals surface area contributed by atoms with Crippen molar-refractivity contribution in [2.75, 3.05) is 11.1 Å². The van der Waals surface area contributed by atoms with E-state index in [1.54, 1.807) is 24.3 Å². The molecule has 0 saturated heterocycles. The van der Waals surface area contributed by atoms with Crippen LogP contribution < -0.4 is 22.1 Å². The van der Waals surface area contributed by atoms with Crippen LogP contribution in [0.3, 0.4) is 0 Å². The molecule has 3 aromatic rings. The van der Waals surface area contributed by atoms with E-state index in [-0.39, 0.29) is 23.2 Å². The number of benzene rings is 1. The Morgan fingerprint density at radius 2 is 1.90 bits per heavy atom. The molecule has 1 aliphatic rings. The van der Waals surface area contributed by atoms with Gasteiger partial charge in [0, 0.05) is 12.1 Å². The number of H-pyrrole nitrogens is 2. The SMILES string of the molecule is O=C(CSc1nc2ccccc2c(=O)[nH]1)Nc1cc(=O)[nH]c(=O)n1C1CCCCC1. The number of amides is 1. The number of thioether (sulfide) groups is 1. The molecule has 30 heavy (non-hydrogen) atoms. The Morgan fingerprint density at radius 1 is 1.13 bits per heavy atom. The van der Waals surface area contributed by atoms with Crippen LogP contribution in [0, 0.1) is 0 Å². The van der Waals surface area contributed by atoms with Gasteiger partial charge in [0.1, 0.15) is 5.82 Å². The molecule has 0 bridgehead atoms. The number of nitrogens with zero attached hydrogens (tertiary/aromatic N) is 2. The Bertz CT molecular complexity index is 1260. The molecule has 156 valence electrons. The summed E-state index contributed by atoms with van der Waals surface area (Å²) in [5.74, 6) is -0.237. The van der Waals surface area contributed by atoms with Crippen molar-refractivity contribution in [1.82, 2.24) is 19.5 Å². The maximum absolute atomic E-state index is 12.5. The third-order valence-electron chi connectivity index (χ3n) is 5.11. The molecule has 4 rings (SSSR count). The number of carbonyl (C=O) groups is 1. The summed E-state index contributed by atoms with van der Waals surface area (Å²) < 4.78 is 1.47. The van der Waals surface area contributed by atoms with Gasteiger partial charge in [0.25, 0.3) is 11.1 Å². The van der Waals surface area contributed by atoms with E-state index in [1.165, 1.54) is 10.6 Å². The van der Waals surface area contributed by atoms with E-state index in [4.69, 9.17) is 0 Å². The lowest BCUT2D eigenvalue weighted by molar-refractivity contribution is -0.113. The van der Waals surface area contributed by atoms with Gasteiger partial charge in [-0.1, -0.05) is 43.2 Å². The summed E-state index contributed by atoms with van der Waals surface area (Å²) in [6, 6.07) is 8.13. The predicted octanol–water partition coefficient (Wildman–Crippen LogP) is 2.01. The second-order valence-corrected chi connectivity index (χ2v) is 8.17. The van der Waals surface area contributed by atoms with Gasteiger partial charge >= 0.3 is 5.69 Å². The monoisotopic (exact) mass is 427 g/mol. The van der Waals surface area contributed by atoms with Crippen molar-refractivity contribution in [3.05, 3.63) is 61.5 Å². The smallest absolute Gasteiger partial charge is 0.311 e. The maximum Gasteiger partial charge on any atom is 0.330 e. The highest BCUT2D eigenvalue weighted by molar-refractivity contribution is 7.99. The second-order valence-electron chi connectivity index (χ2n) is 7.21. The van der Waals surface area contributed by atoms with Gasteiger partial charge in [-0.2, -0.15) is 0 Å². The van der Waals surface area contributed by atoms with Gasteiger partial charge in [0.2, 0.25) is 5.91 Å². The van der Waals surface area contributed by atoms with Crippen LogP contribution in [0.2, 0.25) is 0 Å². The van der Waals surface area contributed by atoms with Crippen molar-refractivity contribution in [2.45, 2.75) is 43.3 Å². The summed E-state index contributed by atoms with van der Waals surface area (Å²) in [5.41, 5.74) is -0.803. The lowest BCUT2D eigenvalue weighted by atomic mass is 9.95. The van der Waals surface area contributed by atoms with E-state index < -0.39 is 17.2 Å². The molecule has 1 amide bonds. The van der Waals surface area contributed by atoms with Crippen molar-refractivity contribution in [3.63, 3.8) is 0 Å². The summed E-state index contributed by atoms with van der Waals surface area (Å²) >= 11 is 1.07. The summed E-state index contributed by atoms with van der Waals surface area (Å²) in [6.07, 6.45) is 4.77.